The molecule has 1 aliphatic rings. The summed E-state index contributed by atoms with van der Waals surface area (Å²) < 4.78 is 0. The number of carbonyl (C=O) groups is 1. The fourth-order valence-electron chi connectivity index (χ4n) is 2.02. The number of anilines is 1. The van der Waals surface area contributed by atoms with Gasteiger partial charge in [-0.1, -0.05) is 5.11 Å². The molecule has 1 aromatic rings. The van der Waals surface area contributed by atoms with E-state index in [1.165, 1.54) is 12.8 Å². The number of benzene rings is 1. The average molecular weight is 230 g/mol. The Labute approximate surface area is 99.7 Å². The lowest BCUT2D eigenvalue weighted by Gasteiger charge is -2.17. The summed E-state index contributed by atoms with van der Waals surface area (Å²) in [5.74, 6) is -0.143. The minimum atomic E-state index is -0.143. The fourth-order valence-corrected chi connectivity index (χ4v) is 2.02. The van der Waals surface area contributed by atoms with Crippen LogP contribution < -0.4 is 4.90 Å². The smallest absolute Gasteiger partial charge is 0.168 e. The van der Waals surface area contributed by atoms with Crippen LogP contribution in [0.3, 0.4) is 0 Å². The highest BCUT2D eigenvalue weighted by atomic mass is 16.1. The molecule has 17 heavy (non-hydrogen) atoms. The molecule has 1 aromatic carbocycles. The molecule has 1 fully saturated rings. The van der Waals surface area contributed by atoms with Crippen LogP contribution in [-0.4, -0.2) is 25.4 Å². The van der Waals surface area contributed by atoms with Crippen molar-refractivity contribution >= 4 is 11.5 Å². The summed E-state index contributed by atoms with van der Waals surface area (Å²) in [7, 11) is 0. The second-order valence-corrected chi connectivity index (χ2v) is 4.05. The first-order chi connectivity index (χ1) is 8.31. The molecule has 5 heteroatoms. The molecule has 0 N–H and O–H groups in total. The van der Waals surface area contributed by atoms with E-state index in [4.69, 9.17) is 5.53 Å². The standard InChI is InChI=1S/C12H14N4O/c13-15-14-9-12(17)10-3-5-11(6-4-10)16-7-1-2-8-16/h3-6H,1-2,7-9H2. The predicted molar refractivity (Wildman–Crippen MR) is 66.2 cm³/mol. The minimum Gasteiger partial charge on any atom is -0.372 e. The first kappa shape index (κ1) is 11.5. The molecule has 0 radical (unpaired) electrons. The van der Waals surface area contributed by atoms with Crippen LogP contribution in [0.2, 0.25) is 0 Å². The summed E-state index contributed by atoms with van der Waals surface area (Å²) in [6, 6.07) is 7.50. The first-order valence-corrected chi connectivity index (χ1v) is 5.70. The van der Waals surface area contributed by atoms with Crippen LogP contribution >= 0.6 is 0 Å². The maximum atomic E-state index is 11.6. The van der Waals surface area contributed by atoms with Crippen LogP contribution in [0.4, 0.5) is 5.69 Å². The van der Waals surface area contributed by atoms with Gasteiger partial charge >= 0.3 is 0 Å². The average Bonchev–Trinajstić information content (AvgIpc) is 2.90. The van der Waals surface area contributed by atoms with Crippen molar-refractivity contribution in [1.29, 1.82) is 0 Å². The monoisotopic (exact) mass is 230 g/mol. The molecule has 0 amide bonds. The van der Waals surface area contributed by atoms with Crippen LogP contribution in [-0.2, 0) is 0 Å². The summed E-state index contributed by atoms with van der Waals surface area (Å²) >= 11 is 0. The van der Waals surface area contributed by atoms with E-state index in [9.17, 15) is 4.79 Å². The van der Waals surface area contributed by atoms with E-state index in [0.717, 1.165) is 18.8 Å². The van der Waals surface area contributed by atoms with Crippen molar-refractivity contribution in [3.8, 4) is 0 Å². The second kappa shape index (κ2) is 5.37. The van der Waals surface area contributed by atoms with Gasteiger partial charge < -0.3 is 4.90 Å². The highest BCUT2D eigenvalue weighted by molar-refractivity contribution is 5.97. The molecule has 0 spiro atoms. The number of azide groups is 1. The van der Waals surface area contributed by atoms with Crippen molar-refractivity contribution in [3.05, 3.63) is 40.3 Å². The molecule has 88 valence electrons. The lowest BCUT2D eigenvalue weighted by Crippen LogP contribution is -2.17. The Bertz CT molecular complexity index is 442. The largest absolute Gasteiger partial charge is 0.372 e. The Morgan fingerprint density at radius 1 is 1.29 bits per heavy atom. The Hall–Kier alpha value is -2.00. The van der Waals surface area contributed by atoms with Crippen LogP contribution in [0.1, 0.15) is 23.2 Å². The molecule has 2 rings (SSSR count). The molecule has 1 aliphatic heterocycles. The quantitative estimate of drug-likeness (QED) is 0.345. The zero-order chi connectivity index (χ0) is 12.1. The minimum absolute atomic E-state index is 0.112. The lowest BCUT2D eigenvalue weighted by molar-refractivity contribution is 0.100. The third-order valence-corrected chi connectivity index (χ3v) is 2.94. The van der Waals surface area contributed by atoms with Gasteiger partial charge in [-0.25, -0.2) is 0 Å². The van der Waals surface area contributed by atoms with Crippen molar-refractivity contribution in [2.75, 3.05) is 24.5 Å². The van der Waals surface area contributed by atoms with Crippen molar-refractivity contribution < 1.29 is 4.79 Å². The maximum Gasteiger partial charge on any atom is 0.168 e. The van der Waals surface area contributed by atoms with Gasteiger partial charge in [-0.2, -0.15) is 0 Å². The number of carbonyl (C=O) groups excluding carboxylic acids is 1. The van der Waals surface area contributed by atoms with E-state index in [2.05, 4.69) is 14.9 Å². The van der Waals surface area contributed by atoms with E-state index >= 15 is 0 Å². The summed E-state index contributed by atoms with van der Waals surface area (Å²) in [6.07, 6.45) is 2.47. The Balaban J connectivity index is 2.06. The molecule has 5 nitrogen and oxygen atoms in total. The zero-order valence-corrected chi connectivity index (χ0v) is 9.54. The number of Topliss-reactive ketones (excluding diaryl/α,β-unsaturated/α-hetero) is 1. The van der Waals surface area contributed by atoms with Crippen molar-refractivity contribution in [2.45, 2.75) is 12.8 Å². The summed E-state index contributed by atoms with van der Waals surface area (Å²) in [4.78, 5) is 16.4. The van der Waals surface area contributed by atoms with Gasteiger partial charge in [-0.05, 0) is 42.6 Å². The van der Waals surface area contributed by atoms with E-state index in [1.54, 1.807) is 12.1 Å². The highest BCUT2D eigenvalue weighted by Crippen LogP contribution is 2.20. The van der Waals surface area contributed by atoms with E-state index < -0.39 is 0 Å². The molecular formula is C12H14N4O. The molecule has 0 atom stereocenters. The van der Waals surface area contributed by atoms with Gasteiger partial charge in [0, 0.05) is 29.3 Å². The van der Waals surface area contributed by atoms with E-state index in [0.29, 0.717) is 5.56 Å². The topological polar surface area (TPSA) is 69.1 Å². The SMILES string of the molecule is [N-]=[N+]=NCC(=O)c1ccc(N2CCCC2)cc1. The molecule has 1 saturated heterocycles. The van der Waals surface area contributed by atoms with Crippen molar-refractivity contribution in [1.82, 2.24) is 0 Å². The van der Waals surface area contributed by atoms with Crippen LogP contribution in [0.15, 0.2) is 29.4 Å². The van der Waals surface area contributed by atoms with Gasteiger partial charge in [0.05, 0.1) is 6.54 Å². The van der Waals surface area contributed by atoms with Crippen LogP contribution in [0.5, 0.6) is 0 Å². The summed E-state index contributed by atoms with van der Waals surface area (Å²) in [5, 5.41) is 3.27. The van der Waals surface area contributed by atoms with Gasteiger partial charge in [-0.3, -0.25) is 4.79 Å². The third kappa shape index (κ3) is 2.77. The normalized spacial score (nSPS) is 14.5. The number of nitrogens with zero attached hydrogens (tertiary/aromatic N) is 4. The van der Waals surface area contributed by atoms with Crippen molar-refractivity contribution in [3.63, 3.8) is 0 Å². The Morgan fingerprint density at radius 3 is 2.53 bits per heavy atom. The number of rotatable bonds is 4. The predicted octanol–water partition coefficient (Wildman–Crippen LogP) is 2.78. The van der Waals surface area contributed by atoms with Crippen LogP contribution in [0, 0.1) is 0 Å². The lowest BCUT2D eigenvalue weighted by atomic mass is 10.1. The second-order valence-electron chi connectivity index (χ2n) is 4.05. The van der Waals surface area contributed by atoms with Gasteiger partial charge in [0.1, 0.15) is 0 Å². The Morgan fingerprint density at radius 2 is 1.94 bits per heavy atom. The molecule has 0 bridgehead atoms. The van der Waals surface area contributed by atoms with Gasteiger partial charge in [0.15, 0.2) is 5.78 Å². The Kier molecular flexibility index (Phi) is 3.62. The first-order valence-electron chi connectivity index (χ1n) is 5.70. The molecular weight excluding hydrogens is 216 g/mol. The molecule has 0 aromatic heterocycles. The maximum absolute atomic E-state index is 11.6. The van der Waals surface area contributed by atoms with E-state index in [1.807, 2.05) is 12.1 Å². The number of hydrogen-bond acceptors (Lipinski definition) is 3. The van der Waals surface area contributed by atoms with E-state index in [-0.39, 0.29) is 12.3 Å². The highest BCUT2D eigenvalue weighted by Gasteiger charge is 2.12. The fraction of sp³-hybridized carbons (Fsp3) is 0.417. The molecule has 0 unspecified atom stereocenters. The zero-order valence-electron chi connectivity index (χ0n) is 9.54. The molecule has 0 aliphatic carbocycles. The number of hydrogen-bond donors (Lipinski definition) is 0. The molecule has 0 saturated carbocycles. The molecule has 1 heterocycles. The van der Waals surface area contributed by atoms with Gasteiger partial charge in [-0.15, -0.1) is 0 Å². The summed E-state index contributed by atoms with van der Waals surface area (Å²) in [6.45, 7) is 2.07. The van der Waals surface area contributed by atoms with Crippen LogP contribution in [0.25, 0.3) is 10.4 Å². The van der Waals surface area contributed by atoms with Crippen molar-refractivity contribution in [2.24, 2.45) is 5.11 Å². The number of ketones is 1. The third-order valence-electron chi connectivity index (χ3n) is 2.94. The van der Waals surface area contributed by atoms with Gasteiger partial charge in [0.25, 0.3) is 0 Å². The van der Waals surface area contributed by atoms with Gasteiger partial charge in [0.2, 0.25) is 0 Å². The summed E-state index contributed by atoms with van der Waals surface area (Å²) in [5.41, 5.74) is 9.90.